The molecule has 1 aromatic rings. The number of hydrogen-bond acceptors (Lipinski definition) is 3. The van der Waals surface area contributed by atoms with Crippen LogP contribution in [-0.2, 0) is 14.9 Å². The van der Waals surface area contributed by atoms with Crippen molar-refractivity contribution >= 4 is 13.6 Å². The van der Waals surface area contributed by atoms with Gasteiger partial charge in [-0.05, 0) is 24.0 Å². The summed E-state index contributed by atoms with van der Waals surface area (Å²) in [4.78, 5) is 29.2. The SMILES string of the molecule is N[C@]1(c2ccccc2)C=C(CP(=O)(O)O)C=C(CCC(=O)O)C1. The van der Waals surface area contributed by atoms with Crippen molar-refractivity contribution in [3.05, 3.63) is 59.2 Å². The van der Waals surface area contributed by atoms with Crippen molar-refractivity contribution in [1.29, 1.82) is 0 Å². The van der Waals surface area contributed by atoms with Crippen molar-refractivity contribution in [2.45, 2.75) is 24.8 Å². The first-order valence-electron chi connectivity index (χ1n) is 7.20. The first kappa shape index (κ1) is 17.6. The van der Waals surface area contributed by atoms with Gasteiger partial charge < -0.3 is 20.6 Å². The van der Waals surface area contributed by atoms with Crippen LogP contribution in [0.2, 0.25) is 0 Å². The van der Waals surface area contributed by atoms with E-state index in [1.807, 2.05) is 30.3 Å². The minimum atomic E-state index is -4.23. The standard InChI is InChI=1S/C16H20NO5P/c17-16(14-4-2-1-3-5-14)9-12(6-7-15(18)19)8-13(10-16)11-23(20,21)22/h1-5,8,10H,6-7,9,11,17H2,(H,18,19)(H2,20,21,22)/t16-/m0/s1. The Kier molecular flexibility index (Phi) is 5.22. The molecule has 0 aliphatic heterocycles. The van der Waals surface area contributed by atoms with Crippen LogP contribution in [0.4, 0.5) is 0 Å². The molecule has 0 saturated heterocycles. The van der Waals surface area contributed by atoms with Gasteiger partial charge in [-0.15, -0.1) is 0 Å². The summed E-state index contributed by atoms with van der Waals surface area (Å²) in [6, 6.07) is 9.25. The summed E-state index contributed by atoms with van der Waals surface area (Å²) in [5.41, 5.74) is 7.62. The van der Waals surface area contributed by atoms with Gasteiger partial charge in [-0.2, -0.15) is 0 Å². The monoisotopic (exact) mass is 337 g/mol. The van der Waals surface area contributed by atoms with Crippen LogP contribution in [0.5, 0.6) is 0 Å². The van der Waals surface area contributed by atoms with Crippen molar-refractivity contribution in [1.82, 2.24) is 0 Å². The number of rotatable bonds is 6. The molecule has 124 valence electrons. The maximum absolute atomic E-state index is 11.3. The van der Waals surface area contributed by atoms with Gasteiger partial charge in [-0.3, -0.25) is 9.36 Å². The fourth-order valence-electron chi connectivity index (χ4n) is 2.80. The molecule has 6 nitrogen and oxygen atoms in total. The summed E-state index contributed by atoms with van der Waals surface area (Å²) < 4.78 is 11.3. The van der Waals surface area contributed by atoms with Crippen molar-refractivity contribution < 1.29 is 24.3 Å². The van der Waals surface area contributed by atoms with Gasteiger partial charge in [-0.1, -0.05) is 48.1 Å². The Bertz CT molecular complexity index is 692. The summed E-state index contributed by atoms with van der Waals surface area (Å²) >= 11 is 0. The van der Waals surface area contributed by atoms with Crippen LogP contribution in [0.1, 0.15) is 24.8 Å². The van der Waals surface area contributed by atoms with Gasteiger partial charge in [0.25, 0.3) is 0 Å². The molecule has 1 atom stereocenters. The van der Waals surface area contributed by atoms with Crippen LogP contribution in [0.25, 0.3) is 0 Å². The Hall–Kier alpha value is -1.72. The van der Waals surface area contributed by atoms with Gasteiger partial charge in [0.15, 0.2) is 0 Å². The lowest BCUT2D eigenvalue weighted by Crippen LogP contribution is -2.37. The topological polar surface area (TPSA) is 121 Å². The number of carbonyl (C=O) groups is 1. The van der Waals surface area contributed by atoms with Crippen molar-refractivity contribution in [2.24, 2.45) is 5.73 Å². The molecular weight excluding hydrogens is 317 g/mol. The third kappa shape index (κ3) is 5.15. The highest BCUT2D eigenvalue weighted by molar-refractivity contribution is 7.52. The molecule has 0 spiro atoms. The summed E-state index contributed by atoms with van der Waals surface area (Å²) in [6.45, 7) is 0. The average molecular weight is 337 g/mol. The second-order valence-corrected chi connectivity index (χ2v) is 7.47. The number of aliphatic carboxylic acids is 1. The second kappa shape index (κ2) is 6.81. The average Bonchev–Trinajstić information content (AvgIpc) is 2.44. The molecule has 1 aliphatic carbocycles. The largest absolute Gasteiger partial charge is 0.481 e. The van der Waals surface area contributed by atoms with Crippen LogP contribution in [0.15, 0.2) is 53.6 Å². The van der Waals surface area contributed by atoms with Crippen LogP contribution in [0.3, 0.4) is 0 Å². The molecule has 0 saturated carbocycles. The van der Waals surface area contributed by atoms with Gasteiger partial charge in [-0.25, -0.2) is 0 Å². The summed E-state index contributed by atoms with van der Waals surface area (Å²) in [7, 11) is -4.23. The van der Waals surface area contributed by atoms with Gasteiger partial charge in [0.2, 0.25) is 0 Å². The molecule has 0 unspecified atom stereocenters. The molecule has 0 aromatic heterocycles. The summed E-state index contributed by atoms with van der Waals surface area (Å²) in [5, 5.41) is 8.85. The van der Waals surface area contributed by atoms with E-state index in [1.54, 1.807) is 12.2 Å². The third-order valence-electron chi connectivity index (χ3n) is 3.71. The van der Waals surface area contributed by atoms with Crippen LogP contribution >= 0.6 is 7.60 Å². The molecular formula is C16H20NO5P. The van der Waals surface area contributed by atoms with E-state index in [-0.39, 0.29) is 6.42 Å². The van der Waals surface area contributed by atoms with E-state index in [9.17, 15) is 19.1 Å². The number of allylic oxidation sites excluding steroid dienone is 2. The number of nitrogens with two attached hydrogens (primary N) is 1. The molecule has 23 heavy (non-hydrogen) atoms. The third-order valence-corrected chi connectivity index (χ3v) is 4.49. The minimum Gasteiger partial charge on any atom is -0.481 e. The van der Waals surface area contributed by atoms with E-state index >= 15 is 0 Å². The van der Waals surface area contributed by atoms with Gasteiger partial charge in [0.05, 0.1) is 11.7 Å². The zero-order chi connectivity index (χ0) is 17.1. The van der Waals surface area contributed by atoms with Gasteiger partial charge in [0, 0.05) is 6.42 Å². The van der Waals surface area contributed by atoms with Crippen molar-refractivity contribution in [2.75, 3.05) is 6.16 Å². The van der Waals surface area contributed by atoms with E-state index < -0.39 is 25.3 Å². The predicted molar refractivity (Wildman–Crippen MR) is 86.9 cm³/mol. The second-order valence-electron chi connectivity index (χ2n) is 5.82. The van der Waals surface area contributed by atoms with Crippen LogP contribution < -0.4 is 5.73 Å². The summed E-state index contributed by atoms with van der Waals surface area (Å²) in [6.07, 6.45) is 3.62. The lowest BCUT2D eigenvalue weighted by atomic mass is 9.78. The Morgan fingerprint density at radius 3 is 2.48 bits per heavy atom. The Morgan fingerprint density at radius 2 is 1.91 bits per heavy atom. The van der Waals surface area contributed by atoms with Crippen LogP contribution in [0, 0.1) is 0 Å². The number of hydrogen-bond donors (Lipinski definition) is 4. The van der Waals surface area contributed by atoms with E-state index in [0.717, 1.165) is 11.1 Å². The fourth-order valence-corrected chi connectivity index (χ4v) is 3.46. The quantitative estimate of drug-likeness (QED) is 0.590. The lowest BCUT2D eigenvalue weighted by Gasteiger charge is -2.32. The zero-order valence-electron chi connectivity index (χ0n) is 12.6. The number of carboxylic acids is 1. The van der Waals surface area contributed by atoms with Crippen LogP contribution in [-0.4, -0.2) is 27.0 Å². The fraction of sp³-hybridized carbons (Fsp3) is 0.312. The Balaban J connectivity index is 2.35. The maximum Gasteiger partial charge on any atom is 0.329 e. The smallest absolute Gasteiger partial charge is 0.329 e. The van der Waals surface area contributed by atoms with E-state index in [0.29, 0.717) is 18.4 Å². The van der Waals surface area contributed by atoms with Crippen molar-refractivity contribution in [3.8, 4) is 0 Å². The number of carboxylic acid groups (broad SMARTS) is 1. The molecule has 2 rings (SSSR count). The van der Waals surface area contributed by atoms with Crippen molar-refractivity contribution in [3.63, 3.8) is 0 Å². The molecule has 0 fully saturated rings. The highest BCUT2D eigenvalue weighted by atomic mass is 31.2. The Labute approximate surface area is 134 Å². The first-order valence-corrected chi connectivity index (χ1v) is 9.00. The highest BCUT2D eigenvalue weighted by Crippen LogP contribution is 2.42. The number of benzene rings is 1. The zero-order valence-corrected chi connectivity index (χ0v) is 13.4. The highest BCUT2D eigenvalue weighted by Gasteiger charge is 2.31. The molecule has 1 aliphatic rings. The normalized spacial score (nSPS) is 21.5. The molecule has 0 radical (unpaired) electrons. The molecule has 0 amide bonds. The van der Waals surface area contributed by atoms with E-state index in [4.69, 9.17) is 10.8 Å². The summed E-state index contributed by atoms with van der Waals surface area (Å²) in [5.74, 6) is -0.917. The minimum absolute atomic E-state index is 0.0418. The molecule has 7 heteroatoms. The molecule has 0 bridgehead atoms. The maximum atomic E-state index is 11.3. The molecule has 5 N–H and O–H groups in total. The molecule has 0 heterocycles. The lowest BCUT2D eigenvalue weighted by molar-refractivity contribution is -0.136. The Morgan fingerprint density at radius 1 is 1.26 bits per heavy atom. The first-order chi connectivity index (χ1) is 10.7. The van der Waals surface area contributed by atoms with E-state index in [2.05, 4.69) is 0 Å². The van der Waals surface area contributed by atoms with E-state index in [1.165, 1.54) is 0 Å². The predicted octanol–water partition coefficient (Wildman–Crippen LogP) is 2.14. The van der Waals surface area contributed by atoms with Gasteiger partial charge >= 0.3 is 13.6 Å². The molecule has 1 aromatic carbocycles. The van der Waals surface area contributed by atoms with Gasteiger partial charge in [0.1, 0.15) is 0 Å².